The summed E-state index contributed by atoms with van der Waals surface area (Å²) in [5.41, 5.74) is 0. The second kappa shape index (κ2) is 70.0. The topological polar surface area (TPSA) is 237 Å². The summed E-state index contributed by atoms with van der Waals surface area (Å²) < 4.78 is 68.4. The van der Waals surface area contributed by atoms with Gasteiger partial charge in [-0.2, -0.15) is 0 Å². The van der Waals surface area contributed by atoms with Crippen molar-refractivity contribution >= 4 is 39.5 Å². The number of carbonyl (C=O) groups is 4. The average molecular weight is 1390 g/mol. The van der Waals surface area contributed by atoms with E-state index < -0.39 is 97.5 Å². The first-order valence-electron chi connectivity index (χ1n) is 39.1. The second-order valence-corrected chi connectivity index (χ2v) is 29.6. The van der Waals surface area contributed by atoms with Gasteiger partial charge in [0.1, 0.15) is 19.3 Å². The average Bonchev–Trinajstić information content (AvgIpc) is 3.26. The van der Waals surface area contributed by atoms with Gasteiger partial charge in [-0.15, -0.1) is 0 Å². The van der Waals surface area contributed by atoms with E-state index >= 15 is 0 Å². The van der Waals surface area contributed by atoms with Gasteiger partial charge in [0.25, 0.3) is 0 Å². The van der Waals surface area contributed by atoms with E-state index in [0.29, 0.717) is 25.7 Å². The molecule has 0 heterocycles. The number of aliphatic hydroxyl groups is 1. The Kier molecular flexibility index (Phi) is 68.2. The van der Waals surface area contributed by atoms with Crippen LogP contribution in [0.4, 0.5) is 0 Å². The highest BCUT2D eigenvalue weighted by Crippen LogP contribution is 2.45. The van der Waals surface area contributed by atoms with Crippen LogP contribution >= 0.6 is 15.6 Å². The molecule has 0 radical (unpaired) electrons. The van der Waals surface area contributed by atoms with Gasteiger partial charge in [0.15, 0.2) is 12.2 Å². The minimum Gasteiger partial charge on any atom is -0.462 e. The van der Waals surface area contributed by atoms with Crippen molar-refractivity contribution in [3.05, 3.63) is 24.3 Å². The van der Waals surface area contributed by atoms with Gasteiger partial charge in [-0.1, -0.05) is 328 Å². The predicted molar refractivity (Wildman–Crippen MR) is 386 cm³/mol. The molecule has 0 aromatic rings. The zero-order chi connectivity index (χ0) is 69.7. The summed E-state index contributed by atoms with van der Waals surface area (Å²) in [6, 6.07) is 0. The van der Waals surface area contributed by atoms with Gasteiger partial charge in [0.05, 0.1) is 26.4 Å². The van der Waals surface area contributed by atoms with E-state index in [9.17, 15) is 43.2 Å². The zero-order valence-electron chi connectivity index (χ0n) is 61.1. The first-order valence-corrected chi connectivity index (χ1v) is 42.1. The SMILES string of the molecule is CCCCCC/C=C\C=C/CCCCCCCC(=O)OC[C@H](COP(=O)(O)OC[C@@H](O)COP(=O)(O)OC[C@@H](COC(=O)CCCCCCCCCC)OC(=O)CCCCCCCCCCCCCCCCC)OC(=O)CCCCCCCCCCCCCCCCCCC. The number of carbonyl (C=O) groups excluding carboxylic acids is 4. The number of phosphoric acid groups is 2. The zero-order valence-corrected chi connectivity index (χ0v) is 62.9. The van der Waals surface area contributed by atoms with Gasteiger partial charge in [0, 0.05) is 25.7 Å². The van der Waals surface area contributed by atoms with Crippen LogP contribution in [0, 0.1) is 0 Å². The number of esters is 4. The molecule has 0 rings (SSSR count). The molecule has 5 atom stereocenters. The van der Waals surface area contributed by atoms with Crippen LogP contribution in [0.2, 0.25) is 0 Å². The Balaban J connectivity index is 5.24. The van der Waals surface area contributed by atoms with Gasteiger partial charge in [0.2, 0.25) is 0 Å². The molecule has 0 fully saturated rings. The maximum atomic E-state index is 13.1. The quantitative estimate of drug-likeness (QED) is 0.0169. The van der Waals surface area contributed by atoms with E-state index in [1.54, 1.807) is 0 Å². The molecular formula is C76H144O17P2. The van der Waals surface area contributed by atoms with E-state index in [0.717, 1.165) is 116 Å². The van der Waals surface area contributed by atoms with Crippen LogP contribution in [-0.2, 0) is 65.4 Å². The highest BCUT2D eigenvalue weighted by molar-refractivity contribution is 7.47. The third kappa shape index (κ3) is 69.8. The third-order valence-corrected chi connectivity index (χ3v) is 19.1. The van der Waals surface area contributed by atoms with E-state index in [1.165, 1.54) is 186 Å². The number of allylic oxidation sites excluding steroid dienone is 4. The Bertz CT molecular complexity index is 1900. The monoisotopic (exact) mass is 1390 g/mol. The molecule has 0 aliphatic heterocycles. The Morgan fingerprint density at radius 2 is 0.505 bits per heavy atom. The van der Waals surface area contributed by atoms with Gasteiger partial charge < -0.3 is 33.8 Å². The standard InChI is InChI=1S/C76H144O17P2/c1-5-9-13-17-21-25-28-31-34-35-38-41-44-47-51-55-59-63-76(81)93-72(67-87-74(79)61-57-53-49-45-42-39-36-32-29-26-22-18-14-10-6-2)69-91-95(84,85)89-65-70(77)64-88-94(82,83)90-68-71(66-86-73(78)60-56-52-48-24-20-16-12-8-4)92-75(80)62-58-54-50-46-43-40-37-33-30-27-23-19-15-11-7-3/h26,29,32,36,70-72,77H,5-25,27-28,30-31,33-35,37-69H2,1-4H3,(H,82,83)(H,84,85)/b29-26-,36-32-/t70-,71+,72+/m0/s1. The molecule has 0 aliphatic rings. The Labute approximate surface area is 580 Å². The molecule has 0 bridgehead atoms. The van der Waals surface area contributed by atoms with Crippen molar-refractivity contribution in [2.75, 3.05) is 39.6 Å². The van der Waals surface area contributed by atoms with Crippen molar-refractivity contribution in [3.63, 3.8) is 0 Å². The lowest BCUT2D eigenvalue weighted by molar-refractivity contribution is -0.161. The Morgan fingerprint density at radius 1 is 0.295 bits per heavy atom. The summed E-state index contributed by atoms with van der Waals surface area (Å²) in [6.07, 6.45) is 63.2. The number of phosphoric ester groups is 2. The van der Waals surface area contributed by atoms with Gasteiger partial charge in [-0.3, -0.25) is 37.3 Å². The van der Waals surface area contributed by atoms with Crippen LogP contribution in [0.3, 0.4) is 0 Å². The van der Waals surface area contributed by atoms with E-state index in [4.69, 9.17) is 37.0 Å². The van der Waals surface area contributed by atoms with Crippen LogP contribution in [-0.4, -0.2) is 96.7 Å². The molecule has 17 nitrogen and oxygen atoms in total. The maximum absolute atomic E-state index is 13.1. The summed E-state index contributed by atoms with van der Waals surface area (Å²) in [7, 11) is -9.92. The Morgan fingerprint density at radius 3 is 0.768 bits per heavy atom. The largest absolute Gasteiger partial charge is 0.472 e. The first-order chi connectivity index (χ1) is 46.2. The van der Waals surface area contributed by atoms with E-state index in [-0.39, 0.29) is 25.7 Å². The first kappa shape index (κ1) is 92.5. The molecule has 0 amide bonds. The molecule has 19 heteroatoms. The number of aliphatic hydroxyl groups excluding tert-OH is 1. The van der Waals surface area contributed by atoms with Crippen LogP contribution in [0.5, 0.6) is 0 Å². The second-order valence-electron chi connectivity index (χ2n) is 26.7. The fourth-order valence-corrected chi connectivity index (χ4v) is 12.8. The number of unbranched alkanes of at least 4 members (excludes halogenated alkanes) is 46. The molecule has 2 unspecified atom stereocenters. The van der Waals surface area contributed by atoms with Gasteiger partial charge in [-0.25, -0.2) is 9.13 Å². The van der Waals surface area contributed by atoms with Gasteiger partial charge >= 0.3 is 39.5 Å². The van der Waals surface area contributed by atoms with Crippen molar-refractivity contribution in [1.29, 1.82) is 0 Å². The van der Waals surface area contributed by atoms with E-state index in [1.807, 2.05) is 0 Å². The maximum Gasteiger partial charge on any atom is 0.472 e. The normalized spacial score (nSPS) is 14.1. The van der Waals surface area contributed by atoms with Crippen LogP contribution < -0.4 is 0 Å². The Hall–Kier alpha value is -2.46. The summed E-state index contributed by atoms with van der Waals surface area (Å²) >= 11 is 0. The minimum absolute atomic E-state index is 0.102. The molecular weight excluding hydrogens is 1250 g/mol. The molecule has 0 aliphatic carbocycles. The fraction of sp³-hybridized carbons (Fsp3) is 0.895. The number of hydrogen-bond donors (Lipinski definition) is 3. The van der Waals surface area contributed by atoms with Crippen molar-refractivity contribution in [3.8, 4) is 0 Å². The molecule has 95 heavy (non-hydrogen) atoms. The molecule has 0 aromatic heterocycles. The summed E-state index contributed by atoms with van der Waals surface area (Å²) in [5, 5.41) is 10.6. The predicted octanol–water partition coefficient (Wildman–Crippen LogP) is 22.2. The lowest BCUT2D eigenvalue weighted by Crippen LogP contribution is -2.30. The highest BCUT2D eigenvalue weighted by atomic mass is 31.2. The number of rotatable bonds is 75. The van der Waals surface area contributed by atoms with Crippen molar-refractivity contribution in [2.24, 2.45) is 0 Å². The molecule has 0 saturated carbocycles. The van der Waals surface area contributed by atoms with E-state index in [2.05, 4.69) is 52.0 Å². The molecule has 0 spiro atoms. The molecule has 0 saturated heterocycles. The summed E-state index contributed by atoms with van der Waals surface area (Å²) in [5.74, 6) is -2.14. The summed E-state index contributed by atoms with van der Waals surface area (Å²) in [6.45, 7) is 4.90. The molecule has 560 valence electrons. The lowest BCUT2D eigenvalue weighted by atomic mass is 10.0. The molecule has 3 N–H and O–H groups in total. The fourth-order valence-electron chi connectivity index (χ4n) is 11.2. The van der Waals surface area contributed by atoms with Crippen molar-refractivity contribution in [1.82, 2.24) is 0 Å². The lowest BCUT2D eigenvalue weighted by Gasteiger charge is -2.21. The van der Waals surface area contributed by atoms with Gasteiger partial charge in [-0.05, 0) is 51.4 Å². The minimum atomic E-state index is -4.96. The number of ether oxygens (including phenoxy) is 4. The van der Waals surface area contributed by atoms with Crippen molar-refractivity contribution in [2.45, 2.75) is 399 Å². The number of hydrogen-bond acceptors (Lipinski definition) is 15. The van der Waals surface area contributed by atoms with Crippen LogP contribution in [0.15, 0.2) is 24.3 Å². The van der Waals surface area contributed by atoms with Crippen LogP contribution in [0.1, 0.15) is 381 Å². The smallest absolute Gasteiger partial charge is 0.462 e. The molecule has 0 aromatic carbocycles. The third-order valence-electron chi connectivity index (χ3n) is 17.2. The van der Waals surface area contributed by atoms with Crippen molar-refractivity contribution < 1.29 is 80.2 Å². The summed E-state index contributed by atoms with van der Waals surface area (Å²) in [4.78, 5) is 72.7. The van der Waals surface area contributed by atoms with Crippen LogP contribution in [0.25, 0.3) is 0 Å². The highest BCUT2D eigenvalue weighted by Gasteiger charge is 2.30.